The van der Waals surface area contributed by atoms with E-state index in [1.54, 1.807) is 6.07 Å². The first-order chi connectivity index (χ1) is 9.90. The summed E-state index contributed by atoms with van der Waals surface area (Å²) in [6.07, 6.45) is 1.39. The maximum atomic E-state index is 11.8. The number of benzene rings is 1. The molecule has 0 saturated heterocycles. The number of hydrogen-bond acceptors (Lipinski definition) is 5. The Morgan fingerprint density at radius 3 is 2.48 bits per heavy atom. The number of halogens is 1. The van der Waals surface area contributed by atoms with Gasteiger partial charge in [0.25, 0.3) is 9.05 Å². The quantitative estimate of drug-likeness (QED) is 0.415. The Balaban J connectivity index is 2.77. The van der Waals surface area contributed by atoms with Crippen LogP contribution in [0.25, 0.3) is 0 Å². The number of aryl methyl sites for hydroxylation is 1. The van der Waals surface area contributed by atoms with Gasteiger partial charge in [-0.3, -0.25) is 0 Å². The molecule has 1 aromatic rings. The van der Waals surface area contributed by atoms with Crippen molar-refractivity contribution >= 4 is 25.7 Å². The van der Waals surface area contributed by atoms with Gasteiger partial charge in [0.2, 0.25) is 0 Å². The lowest BCUT2D eigenvalue weighted by molar-refractivity contribution is 0.0318. The summed E-state index contributed by atoms with van der Waals surface area (Å²) >= 11 is 0. The molecule has 0 aliphatic rings. The van der Waals surface area contributed by atoms with Crippen molar-refractivity contribution in [2.24, 2.45) is 0 Å². The van der Waals surface area contributed by atoms with Crippen molar-refractivity contribution < 1.29 is 22.7 Å². The molecule has 0 amide bonds. The van der Waals surface area contributed by atoms with Gasteiger partial charge < -0.3 is 9.47 Å². The molecule has 0 aliphatic carbocycles. The minimum atomic E-state index is -3.89. The van der Waals surface area contributed by atoms with Crippen molar-refractivity contribution in [2.45, 2.75) is 31.6 Å². The molecular formula is C14H19ClO5S. The van der Waals surface area contributed by atoms with Gasteiger partial charge in [0.1, 0.15) is 6.61 Å². The van der Waals surface area contributed by atoms with Crippen LogP contribution in [-0.4, -0.2) is 34.2 Å². The third-order valence-electron chi connectivity index (χ3n) is 2.76. The Morgan fingerprint density at radius 2 is 1.90 bits per heavy atom. The number of rotatable bonds is 8. The molecule has 0 N–H and O–H groups in total. The topological polar surface area (TPSA) is 69.7 Å². The summed E-state index contributed by atoms with van der Waals surface area (Å²) in [6.45, 7) is 4.83. The fourth-order valence-electron chi connectivity index (χ4n) is 1.72. The van der Waals surface area contributed by atoms with Gasteiger partial charge in [-0.1, -0.05) is 19.9 Å². The Labute approximate surface area is 129 Å². The lowest BCUT2D eigenvalue weighted by Gasteiger charge is -2.08. The van der Waals surface area contributed by atoms with Gasteiger partial charge >= 0.3 is 5.97 Å². The molecule has 0 unspecified atom stereocenters. The lowest BCUT2D eigenvalue weighted by atomic mass is 10.1. The summed E-state index contributed by atoms with van der Waals surface area (Å²) < 4.78 is 33.2. The zero-order chi connectivity index (χ0) is 15.9. The van der Waals surface area contributed by atoms with Crippen LogP contribution < -0.4 is 0 Å². The third-order valence-corrected chi connectivity index (χ3v) is 4.16. The van der Waals surface area contributed by atoms with Gasteiger partial charge in [0, 0.05) is 17.3 Å². The van der Waals surface area contributed by atoms with E-state index >= 15 is 0 Å². The molecule has 0 aliphatic heterocycles. The average Bonchev–Trinajstić information content (AvgIpc) is 2.45. The van der Waals surface area contributed by atoms with Crippen molar-refractivity contribution in [1.29, 1.82) is 0 Å². The summed E-state index contributed by atoms with van der Waals surface area (Å²) in [6, 6.07) is 4.34. The van der Waals surface area contributed by atoms with E-state index in [0.717, 1.165) is 6.42 Å². The van der Waals surface area contributed by atoms with Crippen LogP contribution in [0.5, 0.6) is 0 Å². The number of carbonyl (C=O) groups is 1. The molecule has 118 valence electrons. The maximum absolute atomic E-state index is 11.8. The number of carbonyl (C=O) groups excluding carboxylic acids is 1. The molecular weight excluding hydrogens is 316 g/mol. The predicted octanol–water partition coefficient (Wildman–Crippen LogP) is 2.76. The minimum absolute atomic E-state index is 0.0525. The molecule has 21 heavy (non-hydrogen) atoms. The van der Waals surface area contributed by atoms with E-state index in [9.17, 15) is 13.2 Å². The molecule has 0 heterocycles. The Hall–Kier alpha value is -1.11. The van der Waals surface area contributed by atoms with Gasteiger partial charge in [-0.05, 0) is 30.5 Å². The van der Waals surface area contributed by atoms with E-state index in [1.165, 1.54) is 12.1 Å². The molecule has 1 aromatic carbocycles. The van der Waals surface area contributed by atoms with Gasteiger partial charge in [-0.25, -0.2) is 13.2 Å². The molecule has 0 saturated carbocycles. The second-order valence-corrected chi connectivity index (χ2v) is 6.90. The van der Waals surface area contributed by atoms with Crippen LogP contribution in [0.4, 0.5) is 0 Å². The summed E-state index contributed by atoms with van der Waals surface area (Å²) in [5.74, 6) is -0.598. The van der Waals surface area contributed by atoms with Crippen LogP contribution in [0.3, 0.4) is 0 Å². The van der Waals surface area contributed by atoms with Crippen LogP contribution in [-0.2, 0) is 24.9 Å². The van der Waals surface area contributed by atoms with E-state index in [-0.39, 0.29) is 17.1 Å². The number of ether oxygens (including phenoxy) is 2. The van der Waals surface area contributed by atoms with E-state index < -0.39 is 15.0 Å². The van der Waals surface area contributed by atoms with Crippen LogP contribution in [0, 0.1) is 0 Å². The molecule has 7 heteroatoms. The monoisotopic (exact) mass is 334 g/mol. The first-order valence-corrected chi connectivity index (χ1v) is 9.03. The van der Waals surface area contributed by atoms with Crippen molar-refractivity contribution in [3.05, 3.63) is 29.3 Å². The van der Waals surface area contributed by atoms with E-state index in [0.29, 0.717) is 25.2 Å². The standard InChI is InChI=1S/C14H19ClO5S/c1-3-7-19-8-9-20-14(16)12-6-5-11(4-2)13(10-12)21(15,17)18/h5-6,10H,3-4,7-9H2,1-2H3. The van der Waals surface area contributed by atoms with Gasteiger partial charge in [0.05, 0.1) is 17.1 Å². The first-order valence-electron chi connectivity index (χ1n) is 6.72. The molecule has 0 radical (unpaired) electrons. The van der Waals surface area contributed by atoms with E-state index in [4.69, 9.17) is 20.2 Å². The predicted molar refractivity (Wildman–Crippen MR) is 80.3 cm³/mol. The van der Waals surface area contributed by atoms with Crippen LogP contribution in [0.1, 0.15) is 36.2 Å². The first kappa shape index (κ1) is 17.9. The van der Waals surface area contributed by atoms with Crippen molar-refractivity contribution in [2.75, 3.05) is 19.8 Å². The number of hydrogen-bond donors (Lipinski definition) is 0. The van der Waals surface area contributed by atoms with E-state index in [1.807, 2.05) is 13.8 Å². The molecule has 5 nitrogen and oxygen atoms in total. The number of esters is 1. The highest BCUT2D eigenvalue weighted by Crippen LogP contribution is 2.22. The fourth-order valence-corrected chi connectivity index (χ4v) is 2.95. The summed E-state index contributed by atoms with van der Waals surface area (Å²) in [4.78, 5) is 11.8. The van der Waals surface area contributed by atoms with Crippen molar-refractivity contribution in [1.82, 2.24) is 0 Å². The molecule has 0 aromatic heterocycles. The second-order valence-electron chi connectivity index (χ2n) is 4.36. The van der Waals surface area contributed by atoms with Gasteiger partial charge in [0.15, 0.2) is 0 Å². The Kier molecular flexibility index (Phi) is 7.14. The Morgan fingerprint density at radius 1 is 1.19 bits per heavy atom. The summed E-state index contributed by atoms with van der Waals surface area (Å²) in [7, 11) is 1.49. The van der Waals surface area contributed by atoms with Gasteiger partial charge in [-0.2, -0.15) is 0 Å². The maximum Gasteiger partial charge on any atom is 0.338 e. The second kappa shape index (κ2) is 8.36. The van der Waals surface area contributed by atoms with E-state index in [2.05, 4.69) is 0 Å². The van der Waals surface area contributed by atoms with Crippen molar-refractivity contribution in [3.8, 4) is 0 Å². The smallest absolute Gasteiger partial charge is 0.338 e. The molecule has 1 rings (SSSR count). The highest BCUT2D eigenvalue weighted by Gasteiger charge is 2.18. The molecule has 0 bridgehead atoms. The minimum Gasteiger partial charge on any atom is -0.460 e. The SMILES string of the molecule is CCCOCCOC(=O)c1ccc(CC)c(S(=O)(=O)Cl)c1. The average molecular weight is 335 g/mol. The van der Waals surface area contributed by atoms with Crippen molar-refractivity contribution in [3.63, 3.8) is 0 Å². The Bertz CT molecular complexity index is 583. The molecule has 0 atom stereocenters. The highest BCUT2D eigenvalue weighted by molar-refractivity contribution is 8.13. The van der Waals surface area contributed by atoms with Crippen LogP contribution >= 0.6 is 10.7 Å². The van der Waals surface area contributed by atoms with Gasteiger partial charge in [-0.15, -0.1) is 0 Å². The molecule has 0 fully saturated rings. The normalized spacial score (nSPS) is 11.4. The molecule has 0 spiro atoms. The van der Waals surface area contributed by atoms with Crippen LogP contribution in [0.2, 0.25) is 0 Å². The fraction of sp³-hybridized carbons (Fsp3) is 0.500. The summed E-state index contributed by atoms with van der Waals surface area (Å²) in [5.41, 5.74) is 0.717. The largest absolute Gasteiger partial charge is 0.460 e. The summed E-state index contributed by atoms with van der Waals surface area (Å²) in [5, 5.41) is 0. The zero-order valence-corrected chi connectivity index (χ0v) is 13.7. The zero-order valence-electron chi connectivity index (χ0n) is 12.1. The highest BCUT2D eigenvalue weighted by atomic mass is 35.7. The third kappa shape index (κ3) is 5.65. The lowest BCUT2D eigenvalue weighted by Crippen LogP contribution is -2.12. The van der Waals surface area contributed by atoms with Crippen LogP contribution in [0.15, 0.2) is 23.1 Å².